The number of piperidine rings is 1. The van der Waals surface area contributed by atoms with Crippen LogP contribution in [-0.4, -0.2) is 60.3 Å². The van der Waals surface area contributed by atoms with Crippen molar-refractivity contribution in [2.75, 3.05) is 39.4 Å². The monoisotopic (exact) mass is 307 g/mol. The van der Waals surface area contributed by atoms with Crippen molar-refractivity contribution in [2.24, 2.45) is 5.92 Å². The van der Waals surface area contributed by atoms with E-state index in [0.29, 0.717) is 19.1 Å². The lowest BCUT2D eigenvalue weighted by Gasteiger charge is -2.36. The summed E-state index contributed by atoms with van der Waals surface area (Å²) in [6.07, 6.45) is 2.07. The Kier molecular flexibility index (Phi) is 4.78. The zero-order chi connectivity index (χ0) is 15.5. The Hall–Kier alpha value is -1.40. The molecule has 0 aromatic carbocycles. The maximum atomic E-state index is 12.6. The Morgan fingerprint density at radius 2 is 2.05 bits per heavy atom. The number of aryl methyl sites for hydroxylation is 2. The zero-order valence-electron chi connectivity index (χ0n) is 13.5. The van der Waals surface area contributed by atoms with Crippen LogP contribution in [0.1, 0.15) is 29.9 Å². The molecule has 3 heterocycles. The number of carbonyl (C=O) groups is 1. The average Bonchev–Trinajstić information content (AvgIpc) is 2.87. The van der Waals surface area contributed by atoms with Crippen molar-refractivity contribution in [1.82, 2.24) is 15.0 Å². The summed E-state index contributed by atoms with van der Waals surface area (Å²) in [5.74, 6) is 1.30. The molecule has 0 aliphatic carbocycles. The highest BCUT2D eigenvalue weighted by Crippen LogP contribution is 2.23. The number of ether oxygens (including phenoxy) is 1. The normalized spacial score (nSPS) is 23.7. The summed E-state index contributed by atoms with van der Waals surface area (Å²) in [4.78, 5) is 17.0. The van der Waals surface area contributed by atoms with Crippen LogP contribution >= 0.6 is 0 Å². The minimum atomic E-state index is 0.118. The molecule has 2 aliphatic rings. The van der Waals surface area contributed by atoms with Gasteiger partial charge in [0.25, 0.3) is 0 Å². The van der Waals surface area contributed by atoms with Crippen molar-refractivity contribution >= 4 is 5.91 Å². The van der Waals surface area contributed by atoms with Crippen LogP contribution in [0.4, 0.5) is 0 Å². The average molecular weight is 307 g/mol. The molecule has 6 heteroatoms. The molecule has 22 heavy (non-hydrogen) atoms. The number of hydrogen-bond acceptors (Lipinski definition) is 5. The first kappa shape index (κ1) is 15.5. The number of nitrogens with zero attached hydrogens (tertiary/aromatic N) is 3. The number of likely N-dealkylation sites (tertiary alicyclic amines) is 1. The maximum Gasteiger partial charge on any atom is 0.227 e. The lowest BCUT2D eigenvalue weighted by Crippen LogP contribution is -2.48. The van der Waals surface area contributed by atoms with Gasteiger partial charge in [-0.25, -0.2) is 0 Å². The standard InChI is InChI=1S/C16H25N3O3/c1-12-15(13(2)22-17-12)11-18-5-3-4-14(10-18)16(20)19-6-8-21-9-7-19/h14H,3-11H2,1-2H3/t14-/m1/s1. The Bertz CT molecular complexity index is 503. The third-order valence-electron chi connectivity index (χ3n) is 4.74. The van der Waals surface area contributed by atoms with Gasteiger partial charge in [-0.3, -0.25) is 9.69 Å². The highest BCUT2D eigenvalue weighted by atomic mass is 16.5. The second-order valence-corrected chi connectivity index (χ2v) is 6.31. The van der Waals surface area contributed by atoms with Crippen LogP contribution in [-0.2, 0) is 16.1 Å². The van der Waals surface area contributed by atoms with Gasteiger partial charge in [0.05, 0.1) is 24.8 Å². The maximum absolute atomic E-state index is 12.6. The van der Waals surface area contributed by atoms with Gasteiger partial charge in [-0.15, -0.1) is 0 Å². The molecule has 1 amide bonds. The second-order valence-electron chi connectivity index (χ2n) is 6.31. The lowest BCUT2D eigenvalue weighted by atomic mass is 9.95. The zero-order valence-corrected chi connectivity index (χ0v) is 13.5. The Morgan fingerprint density at radius 1 is 1.27 bits per heavy atom. The van der Waals surface area contributed by atoms with E-state index in [2.05, 4.69) is 10.1 Å². The number of aromatic nitrogens is 1. The van der Waals surface area contributed by atoms with E-state index in [0.717, 1.165) is 57.0 Å². The summed E-state index contributed by atoms with van der Waals surface area (Å²) < 4.78 is 10.6. The van der Waals surface area contributed by atoms with Gasteiger partial charge in [-0.05, 0) is 33.2 Å². The van der Waals surface area contributed by atoms with E-state index in [9.17, 15) is 4.79 Å². The molecule has 0 bridgehead atoms. The fraction of sp³-hybridized carbons (Fsp3) is 0.750. The van der Waals surface area contributed by atoms with Crippen molar-refractivity contribution in [1.29, 1.82) is 0 Å². The molecule has 0 spiro atoms. The van der Waals surface area contributed by atoms with Crippen LogP contribution in [0.2, 0.25) is 0 Å². The summed E-state index contributed by atoms with van der Waals surface area (Å²) in [6.45, 7) is 9.44. The van der Waals surface area contributed by atoms with Gasteiger partial charge < -0.3 is 14.2 Å². The number of hydrogen-bond donors (Lipinski definition) is 0. The summed E-state index contributed by atoms with van der Waals surface area (Å²) in [5, 5.41) is 4.02. The van der Waals surface area contributed by atoms with Gasteiger partial charge in [-0.2, -0.15) is 0 Å². The molecule has 1 aromatic heterocycles. The van der Waals surface area contributed by atoms with Crippen LogP contribution in [0.3, 0.4) is 0 Å². The fourth-order valence-electron chi connectivity index (χ4n) is 3.39. The predicted molar refractivity (Wildman–Crippen MR) is 81.4 cm³/mol. The smallest absolute Gasteiger partial charge is 0.227 e. The summed E-state index contributed by atoms with van der Waals surface area (Å²) in [7, 11) is 0. The van der Waals surface area contributed by atoms with Gasteiger partial charge in [0.1, 0.15) is 5.76 Å². The fourth-order valence-corrected chi connectivity index (χ4v) is 3.39. The lowest BCUT2D eigenvalue weighted by molar-refractivity contribution is -0.141. The van der Waals surface area contributed by atoms with E-state index in [1.54, 1.807) is 0 Å². The minimum absolute atomic E-state index is 0.118. The molecule has 0 N–H and O–H groups in total. The van der Waals surface area contributed by atoms with E-state index in [1.807, 2.05) is 18.7 Å². The molecule has 6 nitrogen and oxygen atoms in total. The van der Waals surface area contributed by atoms with Crippen molar-refractivity contribution in [3.63, 3.8) is 0 Å². The largest absolute Gasteiger partial charge is 0.378 e. The molecule has 0 radical (unpaired) electrons. The van der Waals surface area contributed by atoms with Crippen molar-refractivity contribution in [3.05, 3.63) is 17.0 Å². The molecule has 2 saturated heterocycles. The first-order valence-electron chi connectivity index (χ1n) is 8.16. The quantitative estimate of drug-likeness (QED) is 0.844. The van der Waals surface area contributed by atoms with E-state index in [1.165, 1.54) is 5.56 Å². The molecule has 2 fully saturated rings. The van der Waals surface area contributed by atoms with E-state index in [-0.39, 0.29) is 5.92 Å². The molecule has 1 aromatic rings. The first-order valence-corrected chi connectivity index (χ1v) is 8.16. The van der Waals surface area contributed by atoms with Crippen LogP contribution < -0.4 is 0 Å². The molecule has 1 atom stereocenters. The van der Waals surface area contributed by atoms with Crippen molar-refractivity contribution in [2.45, 2.75) is 33.2 Å². The molecule has 122 valence electrons. The summed E-state index contributed by atoms with van der Waals surface area (Å²) >= 11 is 0. The van der Waals surface area contributed by atoms with E-state index < -0.39 is 0 Å². The van der Waals surface area contributed by atoms with Gasteiger partial charge in [0, 0.05) is 31.7 Å². The van der Waals surface area contributed by atoms with Gasteiger partial charge >= 0.3 is 0 Å². The molecular weight excluding hydrogens is 282 g/mol. The molecule has 2 aliphatic heterocycles. The third kappa shape index (κ3) is 3.33. The SMILES string of the molecule is Cc1noc(C)c1CN1CCC[C@@H](C(=O)N2CCOCC2)C1. The molecule has 0 unspecified atom stereocenters. The first-order chi connectivity index (χ1) is 10.6. The topological polar surface area (TPSA) is 58.8 Å². The van der Waals surface area contributed by atoms with Gasteiger partial charge in [-0.1, -0.05) is 5.16 Å². The van der Waals surface area contributed by atoms with Crippen LogP contribution in [0, 0.1) is 19.8 Å². The molecule has 3 rings (SSSR count). The van der Waals surface area contributed by atoms with E-state index >= 15 is 0 Å². The van der Waals surface area contributed by atoms with Crippen molar-refractivity contribution in [3.8, 4) is 0 Å². The number of rotatable bonds is 3. The van der Waals surface area contributed by atoms with Crippen LogP contribution in [0.25, 0.3) is 0 Å². The number of carbonyl (C=O) groups excluding carboxylic acids is 1. The Labute approximate surface area is 131 Å². The van der Waals surface area contributed by atoms with Crippen LogP contribution in [0.15, 0.2) is 4.52 Å². The summed E-state index contributed by atoms with van der Waals surface area (Å²) in [5.41, 5.74) is 2.12. The minimum Gasteiger partial charge on any atom is -0.378 e. The molecular formula is C16H25N3O3. The Balaban J connectivity index is 1.60. The second kappa shape index (κ2) is 6.79. The highest BCUT2D eigenvalue weighted by molar-refractivity contribution is 5.79. The summed E-state index contributed by atoms with van der Waals surface area (Å²) in [6, 6.07) is 0. The number of amides is 1. The van der Waals surface area contributed by atoms with Crippen molar-refractivity contribution < 1.29 is 14.1 Å². The van der Waals surface area contributed by atoms with E-state index in [4.69, 9.17) is 9.26 Å². The predicted octanol–water partition coefficient (Wildman–Crippen LogP) is 1.36. The third-order valence-corrected chi connectivity index (χ3v) is 4.74. The molecule has 0 saturated carbocycles. The Morgan fingerprint density at radius 3 is 2.73 bits per heavy atom. The van der Waals surface area contributed by atoms with Crippen LogP contribution in [0.5, 0.6) is 0 Å². The highest BCUT2D eigenvalue weighted by Gasteiger charge is 2.30. The van der Waals surface area contributed by atoms with Gasteiger partial charge in [0.2, 0.25) is 5.91 Å². The number of morpholine rings is 1. The van der Waals surface area contributed by atoms with Gasteiger partial charge in [0.15, 0.2) is 0 Å².